The number of hydrogen-bond acceptors (Lipinski definition) is 2. The Balaban J connectivity index is 2.42. The van der Waals surface area contributed by atoms with Gasteiger partial charge in [0.1, 0.15) is 0 Å². The minimum atomic E-state index is -0.163. The Morgan fingerprint density at radius 2 is 2.17 bits per heavy atom. The maximum absolute atomic E-state index is 12.2. The van der Waals surface area contributed by atoms with Gasteiger partial charge in [-0.15, -0.1) is 0 Å². The summed E-state index contributed by atoms with van der Waals surface area (Å²) in [5, 5.41) is 10.4. The molecule has 2 heterocycles. The second-order valence-corrected chi connectivity index (χ2v) is 4.83. The van der Waals surface area contributed by atoms with Crippen LogP contribution in [0.2, 0.25) is 0 Å². The number of para-hydroxylation sites is 1. The molecular weight excluding hydrogens is 224 g/mol. The molecule has 1 atom stereocenters. The van der Waals surface area contributed by atoms with Crippen molar-refractivity contribution < 1.29 is 4.79 Å². The van der Waals surface area contributed by atoms with Crippen LogP contribution in [-0.4, -0.2) is 10.5 Å². The van der Waals surface area contributed by atoms with Crippen LogP contribution in [0.3, 0.4) is 0 Å². The van der Waals surface area contributed by atoms with E-state index in [0.717, 1.165) is 35.0 Å². The van der Waals surface area contributed by atoms with E-state index >= 15 is 0 Å². The highest BCUT2D eigenvalue weighted by Gasteiger charge is 2.27. The van der Waals surface area contributed by atoms with E-state index in [1.54, 1.807) is 4.57 Å². The fraction of sp³-hybridized carbons (Fsp3) is 0.333. The smallest absolute Gasteiger partial charge is 0.231 e. The second kappa shape index (κ2) is 3.99. The number of nitriles is 1. The molecule has 0 radical (unpaired) electrons. The van der Waals surface area contributed by atoms with E-state index in [-0.39, 0.29) is 11.8 Å². The van der Waals surface area contributed by atoms with Gasteiger partial charge in [-0.25, -0.2) is 0 Å². The third kappa shape index (κ3) is 1.39. The Bertz CT molecular complexity index is 676. The molecular formula is C15H14N2O. The first kappa shape index (κ1) is 11.0. The molecule has 0 N–H and O–H groups in total. The van der Waals surface area contributed by atoms with Gasteiger partial charge < -0.3 is 0 Å². The fourth-order valence-corrected chi connectivity index (χ4v) is 2.94. The van der Waals surface area contributed by atoms with Crippen molar-refractivity contribution in [2.45, 2.75) is 32.1 Å². The number of fused-ring (bicyclic) bond motifs is 3. The summed E-state index contributed by atoms with van der Waals surface area (Å²) in [4.78, 5) is 12.2. The first-order valence-corrected chi connectivity index (χ1v) is 6.27. The predicted octanol–water partition coefficient (Wildman–Crippen LogP) is 3.38. The molecule has 0 fully saturated rings. The molecule has 0 spiro atoms. The molecule has 1 aliphatic rings. The van der Waals surface area contributed by atoms with Crippen molar-refractivity contribution in [3.8, 4) is 6.07 Å². The minimum Gasteiger partial charge on any atom is -0.283 e. The molecule has 90 valence electrons. The number of aryl methyl sites for hydroxylation is 1. The quantitative estimate of drug-likeness (QED) is 0.706. The fourth-order valence-electron chi connectivity index (χ4n) is 2.94. The zero-order chi connectivity index (χ0) is 12.7. The summed E-state index contributed by atoms with van der Waals surface area (Å²) in [6, 6.07) is 10.2. The van der Waals surface area contributed by atoms with E-state index in [4.69, 9.17) is 0 Å². The lowest BCUT2D eigenvalue weighted by molar-refractivity contribution is 0.0908. The minimum absolute atomic E-state index is 0.118. The van der Waals surface area contributed by atoms with Gasteiger partial charge in [-0.1, -0.05) is 18.2 Å². The molecule has 1 aliphatic heterocycles. The van der Waals surface area contributed by atoms with Crippen molar-refractivity contribution in [2.24, 2.45) is 0 Å². The van der Waals surface area contributed by atoms with Gasteiger partial charge >= 0.3 is 0 Å². The molecule has 1 unspecified atom stereocenters. The first-order chi connectivity index (χ1) is 8.74. The summed E-state index contributed by atoms with van der Waals surface area (Å²) in [5.74, 6) is -0.0455. The SMILES string of the molecule is Cc1c2n(c3ccccc13)C(=O)CCCC2C#N. The van der Waals surface area contributed by atoms with Crippen LogP contribution < -0.4 is 0 Å². The number of nitrogens with zero attached hydrogens (tertiary/aromatic N) is 2. The van der Waals surface area contributed by atoms with E-state index in [2.05, 4.69) is 6.07 Å². The van der Waals surface area contributed by atoms with Crippen LogP contribution in [0.5, 0.6) is 0 Å². The molecule has 18 heavy (non-hydrogen) atoms. The average molecular weight is 238 g/mol. The summed E-state index contributed by atoms with van der Waals surface area (Å²) in [6.45, 7) is 2.01. The monoisotopic (exact) mass is 238 g/mol. The topological polar surface area (TPSA) is 45.8 Å². The van der Waals surface area contributed by atoms with Gasteiger partial charge in [-0.2, -0.15) is 5.26 Å². The Morgan fingerprint density at radius 3 is 2.94 bits per heavy atom. The number of carbonyl (C=O) groups is 1. The van der Waals surface area contributed by atoms with Gasteiger partial charge in [-0.05, 0) is 31.4 Å². The van der Waals surface area contributed by atoms with Crippen molar-refractivity contribution in [2.75, 3.05) is 0 Å². The van der Waals surface area contributed by atoms with Crippen LogP contribution in [0.1, 0.15) is 41.2 Å². The Labute approximate surface area is 106 Å². The molecule has 0 saturated carbocycles. The number of carbonyl (C=O) groups excluding carboxylic acids is 1. The zero-order valence-corrected chi connectivity index (χ0v) is 10.3. The molecule has 1 aromatic carbocycles. The molecule has 0 saturated heterocycles. The van der Waals surface area contributed by atoms with Crippen LogP contribution in [-0.2, 0) is 0 Å². The Hall–Kier alpha value is -2.08. The number of hydrogen-bond donors (Lipinski definition) is 0. The van der Waals surface area contributed by atoms with E-state index in [0.29, 0.717) is 6.42 Å². The third-order valence-electron chi connectivity index (χ3n) is 3.79. The summed E-state index contributed by atoms with van der Waals surface area (Å²) in [7, 11) is 0. The molecule has 1 aromatic heterocycles. The third-order valence-corrected chi connectivity index (χ3v) is 3.79. The van der Waals surface area contributed by atoms with Gasteiger partial charge in [0.2, 0.25) is 5.91 Å². The maximum atomic E-state index is 12.2. The average Bonchev–Trinajstić information content (AvgIpc) is 2.58. The number of aromatic nitrogens is 1. The zero-order valence-electron chi connectivity index (χ0n) is 10.3. The van der Waals surface area contributed by atoms with Gasteiger partial charge in [0.25, 0.3) is 0 Å². The number of rotatable bonds is 0. The molecule has 3 heteroatoms. The van der Waals surface area contributed by atoms with Crippen LogP contribution >= 0.6 is 0 Å². The molecule has 2 aromatic rings. The van der Waals surface area contributed by atoms with Crippen molar-refractivity contribution >= 4 is 16.8 Å². The van der Waals surface area contributed by atoms with Crippen LogP contribution in [0.15, 0.2) is 24.3 Å². The molecule has 0 aliphatic carbocycles. The lowest BCUT2D eigenvalue weighted by Gasteiger charge is -2.09. The van der Waals surface area contributed by atoms with Crippen molar-refractivity contribution in [3.63, 3.8) is 0 Å². The van der Waals surface area contributed by atoms with E-state index in [1.165, 1.54) is 0 Å². The Kier molecular flexibility index (Phi) is 2.45. The first-order valence-electron chi connectivity index (χ1n) is 6.27. The van der Waals surface area contributed by atoms with Crippen molar-refractivity contribution in [1.29, 1.82) is 5.26 Å². The van der Waals surface area contributed by atoms with Gasteiger partial charge in [0, 0.05) is 17.5 Å². The largest absolute Gasteiger partial charge is 0.283 e. The molecule has 0 amide bonds. The highest BCUT2D eigenvalue weighted by molar-refractivity contribution is 5.96. The lowest BCUT2D eigenvalue weighted by atomic mass is 9.98. The van der Waals surface area contributed by atoms with Gasteiger partial charge in [0.05, 0.1) is 17.5 Å². The summed E-state index contributed by atoms with van der Waals surface area (Å²) >= 11 is 0. The van der Waals surface area contributed by atoms with E-state index < -0.39 is 0 Å². The van der Waals surface area contributed by atoms with Crippen LogP contribution in [0.25, 0.3) is 10.9 Å². The van der Waals surface area contributed by atoms with E-state index in [1.807, 2.05) is 31.2 Å². The molecule has 3 nitrogen and oxygen atoms in total. The lowest BCUT2D eigenvalue weighted by Crippen LogP contribution is -2.12. The standard InChI is InChI=1S/C15H14N2O/c1-10-12-6-2-3-7-13(12)17-14(18)8-4-5-11(9-16)15(10)17/h2-3,6-7,11H,4-5,8H2,1H3. The van der Waals surface area contributed by atoms with Gasteiger partial charge in [-0.3, -0.25) is 9.36 Å². The van der Waals surface area contributed by atoms with Crippen LogP contribution in [0, 0.1) is 18.3 Å². The predicted molar refractivity (Wildman–Crippen MR) is 69.5 cm³/mol. The summed E-state index contributed by atoms with van der Waals surface area (Å²) in [5.41, 5.74) is 2.92. The molecule has 0 bridgehead atoms. The Morgan fingerprint density at radius 1 is 1.39 bits per heavy atom. The number of benzene rings is 1. The highest BCUT2D eigenvalue weighted by atomic mass is 16.2. The molecule has 3 rings (SSSR count). The normalized spacial score (nSPS) is 19.3. The van der Waals surface area contributed by atoms with E-state index in [9.17, 15) is 10.1 Å². The second-order valence-electron chi connectivity index (χ2n) is 4.83. The van der Waals surface area contributed by atoms with Crippen molar-refractivity contribution in [1.82, 2.24) is 4.57 Å². The summed E-state index contributed by atoms with van der Waals surface area (Å²) in [6.07, 6.45) is 2.11. The summed E-state index contributed by atoms with van der Waals surface area (Å²) < 4.78 is 1.77. The highest BCUT2D eigenvalue weighted by Crippen LogP contribution is 2.35. The van der Waals surface area contributed by atoms with Crippen molar-refractivity contribution in [3.05, 3.63) is 35.5 Å². The van der Waals surface area contributed by atoms with Crippen LogP contribution in [0.4, 0.5) is 0 Å². The maximum Gasteiger partial charge on any atom is 0.231 e. The van der Waals surface area contributed by atoms with Gasteiger partial charge in [0.15, 0.2) is 0 Å².